The Hall–Kier alpha value is -2.11. The lowest BCUT2D eigenvalue weighted by Gasteiger charge is -2.15. The molecule has 0 amide bonds. The van der Waals surface area contributed by atoms with Gasteiger partial charge in [-0.25, -0.2) is 0 Å². The van der Waals surface area contributed by atoms with E-state index < -0.39 is 6.10 Å². The Balaban J connectivity index is 1.92. The second-order valence-electron chi connectivity index (χ2n) is 5.23. The predicted molar refractivity (Wildman–Crippen MR) is 100 cm³/mol. The Kier molecular flexibility index (Phi) is 6.58. The monoisotopic (exact) mass is 436 g/mol. The quantitative estimate of drug-likeness (QED) is 0.515. The summed E-state index contributed by atoms with van der Waals surface area (Å²) in [7, 11) is 0. The number of anilines is 1. The molecular weight excluding hydrogens is 419 g/mol. The van der Waals surface area contributed by atoms with Gasteiger partial charge in [0.05, 0.1) is 11.3 Å². The van der Waals surface area contributed by atoms with E-state index in [-0.39, 0.29) is 18.9 Å². The van der Waals surface area contributed by atoms with Gasteiger partial charge >= 0.3 is 0 Å². The molecule has 2 aromatic carbocycles. The highest BCUT2D eigenvalue weighted by Crippen LogP contribution is 2.18. The highest BCUT2D eigenvalue weighted by atomic mass is 127. The summed E-state index contributed by atoms with van der Waals surface area (Å²) in [5.41, 5.74) is 1.46. The molecule has 2 N–H and O–H groups in total. The van der Waals surface area contributed by atoms with Crippen LogP contribution in [0.5, 0.6) is 5.75 Å². The first kappa shape index (κ1) is 18.2. The van der Waals surface area contributed by atoms with Crippen molar-refractivity contribution in [2.24, 2.45) is 0 Å². The standard InChI is InChI=1S/C18H17IN2O3/c1-12(22)13-2-3-14(9-20)18(8-13)21-10-16(23)11-24-17-6-4-15(19)5-7-17/h2-8,16,21,23H,10-11H2,1H3. The Bertz CT molecular complexity index is 754. The first-order valence-corrected chi connectivity index (χ1v) is 8.43. The van der Waals surface area contributed by atoms with Crippen molar-refractivity contribution in [2.75, 3.05) is 18.5 Å². The molecule has 0 saturated carbocycles. The summed E-state index contributed by atoms with van der Waals surface area (Å²) < 4.78 is 6.63. The number of nitrogens with one attached hydrogen (secondary N) is 1. The van der Waals surface area contributed by atoms with Gasteiger partial charge in [-0.2, -0.15) is 5.26 Å². The molecule has 1 atom stereocenters. The summed E-state index contributed by atoms with van der Waals surface area (Å²) in [6.45, 7) is 1.80. The molecule has 124 valence electrons. The summed E-state index contributed by atoms with van der Waals surface area (Å²) in [6, 6.07) is 14.4. The lowest BCUT2D eigenvalue weighted by Crippen LogP contribution is -2.26. The van der Waals surface area contributed by atoms with E-state index >= 15 is 0 Å². The average Bonchev–Trinajstić information content (AvgIpc) is 2.59. The molecule has 0 bridgehead atoms. The summed E-state index contributed by atoms with van der Waals surface area (Å²) in [6.07, 6.45) is -0.753. The number of carbonyl (C=O) groups excluding carboxylic acids is 1. The molecule has 0 aliphatic heterocycles. The zero-order valence-corrected chi connectivity index (χ0v) is 15.3. The number of rotatable bonds is 7. The van der Waals surface area contributed by atoms with Crippen molar-refractivity contribution < 1.29 is 14.6 Å². The van der Waals surface area contributed by atoms with Crippen molar-refractivity contribution in [2.45, 2.75) is 13.0 Å². The minimum absolute atomic E-state index is 0.0786. The van der Waals surface area contributed by atoms with Crippen molar-refractivity contribution in [3.05, 3.63) is 57.2 Å². The van der Waals surface area contributed by atoms with Gasteiger partial charge in [0.15, 0.2) is 5.78 Å². The van der Waals surface area contributed by atoms with Crippen LogP contribution in [0.1, 0.15) is 22.8 Å². The first-order chi connectivity index (χ1) is 11.5. The number of aliphatic hydroxyl groups excluding tert-OH is 1. The van der Waals surface area contributed by atoms with Crippen molar-refractivity contribution >= 4 is 34.1 Å². The highest BCUT2D eigenvalue weighted by molar-refractivity contribution is 14.1. The van der Waals surface area contributed by atoms with Crippen molar-refractivity contribution in [1.82, 2.24) is 0 Å². The van der Waals surface area contributed by atoms with Crippen molar-refractivity contribution in [1.29, 1.82) is 5.26 Å². The number of hydrogen-bond donors (Lipinski definition) is 2. The molecule has 0 aromatic heterocycles. The molecular formula is C18H17IN2O3. The SMILES string of the molecule is CC(=O)c1ccc(C#N)c(NCC(O)COc2ccc(I)cc2)c1. The maximum atomic E-state index is 11.4. The molecule has 0 saturated heterocycles. The van der Waals surface area contributed by atoms with E-state index in [0.717, 1.165) is 3.57 Å². The highest BCUT2D eigenvalue weighted by Gasteiger charge is 2.10. The van der Waals surface area contributed by atoms with Gasteiger partial charge in [0.2, 0.25) is 0 Å². The van der Waals surface area contributed by atoms with E-state index in [0.29, 0.717) is 22.6 Å². The molecule has 1 unspecified atom stereocenters. The number of carbonyl (C=O) groups is 1. The Morgan fingerprint density at radius 3 is 2.67 bits per heavy atom. The third-order valence-electron chi connectivity index (χ3n) is 3.33. The van der Waals surface area contributed by atoms with E-state index in [1.807, 2.05) is 24.3 Å². The molecule has 5 nitrogen and oxygen atoms in total. The molecule has 24 heavy (non-hydrogen) atoms. The number of benzene rings is 2. The largest absolute Gasteiger partial charge is 0.491 e. The minimum Gasteiger partial charge on any atom is -0.491 e. The molecule has 0 fully saturated rings. The smallest absolute Gasteiger partial charge is 0.159 e. The lowest BCUT2D eigenvalue weighted by molar-refractivity contribution is 0.101. The fourth-order valence-corrected chi connectivity index (χ4v) is 2.38. The van der Waals surface area contributed by atoms with E-state index in [2.05, 4.69) is 34.0 Å². The molecule has 0 radical (unpaired) electrons. The maximum absolute atomic E-state index is 11.4. The lowest BCUT2D eigenvalue weighted by atomic mass is 10.1. The molecule has 0 spiro atoms. The van der Waals surface area contributed by atoms with Gasteiger partial charge in [-0.3, -0.25) is 4.79 Å². The third-order valence-corrected chi connectivity index (χ3v) is 4.05. The zero-order chi connectivity index (χ0) is 17.5. The molecule has 0 aliphatic carbocycles. The number of ether oxygens (including phenoxy) is 1. The van der Waals surface area contributed by atoms with E-state index in [1.54, 1.807) is 18.2 Å². The molecule has 0 aliphatic rings. The topological polar surface area (TPSA) is 82.4 Å². The van der Waals surface area contributed by atoms with Crippen molar-refractivity contribution in [3.8, 4) is 11.8 Å². The van der Waals surface area contributed by atoms with Gasteiger partial charge in [-0.05, 0) is 72.0 Å². The maximum Gasteiger partial charge on any atom is 0.159 e. The third kappa shape index (κ3) is 5.22. The van der Waals surface area contributed by atoms with Crippen molar-refractivity contribution in [3.63, 3.8) is 0 Å². The minimum atomic E-state index is -0.753. The zero-order valence-electron chi connectivity index (χ0n) is 13.1. The van der Waals surface area contributed by atoms with Gasteiger partial charge in [-0.1, -0.05) is 0 Å². The Morgan fingerprint density at radius 1 is 1.33 bits per heavy atom. The first-order valence-electron chi connectivity index (χ1n) is 7.35. The van der Waals surface area contributed by atoms with Crippen LogP contribution in [0.15, 0.2) is 42.5 Å². The predicted octanol–water partition coefficient (Wildman–Crippen LogP) is 3.22. The molecule has 2 rings (SSSR count). The van der Waals surface area contributed by atoms with Crippen LogP contribution in [0.4, 0.5) is 5.69 Å². The number of halogens is 1. The van der Waals surface area contributed by atoms with E-state index in [9.17, 15) is 9.90 Å². The van der Waals surface area contributed by atoms with Crippen LogP contribution >= 0.6 is 22.6 Å². The van der Waals surface area contributed by atoms with Crippen LogP contribution in [-0.2, 0) is 0 Å². The van der Waals surface area contributed by atoms with E-state index in [4.69, 9.17) is 10.00 Å². The van der Waals surface area contributed by atoms with E-state index in [1.165, 1.54) is 6.92 Å². The second-order valence-corrected chi connectivity index (χ2v) is 6.47. The van der Waals surface area contributed by atoms with Gasteiger partial charge in [0, 0.05) is 15.7 Å². The van der Waals surface area contributed by atoms with Gasteiger partial charge in [-0.15, -0.1) is 0 Å². The van der Waals surface area contributed by atoms with Crippen LogP contribution in [-0.4, -0.2) is 30.1 Å². The number of Topliss-reactive ketones (excluding diaryl/α,β-unsaturated/α-hetero) is 1. The second kappa shape index (κ2) is 8.66. The Labute approximate surface area is 154 Å². The fraction of sp³-hybridized carbons (Fsp3) is 0.222. The van der Waals surface area contributed by atoms with Crippen LogP contribution in [0.25, 0.3) is 0 Å². The van der Waals surface area contributed by atoms with Crippen LogP contribution in [0.3, 0.4) is 0 Å². The van der Waals surface area contributed by atoms with Gasteiger partial charge in [0.25, 0.3) is 0 Å². The summed E-state index contributed by atoms with van der Waals surface area (Å²) >= 11 is 2.21. The number of hydrogen-bond acceptors (Lipinski definition) is 5. The van der Waals surface area contributed by atoms with Gasteiger partial charge in [0.1, 0.15) is 24.5 Å². The average molecular weight is 436 g/mol. The molecule has 6 heteroatoms. The summed E-state index contributed by atoms with van der Waals surface area (Å²) in [5.74, 6) is 0.607. The molecule has 2 aromatic rings. The number of nitriles is 1. The summed E-state index contributed by atoms with van der Waals surface area (Å²) in [4.78, 5) is 11.4. The number of nitrogens with zero attached hydrogens (tertiary/aromatic N) is 1. The normalized spacial score (nSPS) is 11.4. The van der Waals surface area contributed by atoms with Crippen LogP contribution in [0.2, 0.25) is 0 Å². The van der Waals surface area contributed by atoms with Crippen LogP contribution in [0, 0.1) is 14.9 Å². The fourth-order valence-electron chi connectivity index (χ4n) is 2.02. The summed E-state index contributed by atoms with van der Waals surface area (Å²) in [5, 5.41) is 22.2. The number of ketones is 1. The van der Waals surface area contributed by atoms with Gasteiger partial charge < -0.3 is 15.2 Å². The Morgan fingerprint density at radius 2 is 2.04 bits per heavy atom. The van der Waals surface area contributed by atoms with Crippen LogP contribution < -0.4 is 10.1 Å². The number of aliphatic hydroxyl groups is 1. The molecule has 0 heterocycles.